The number of hydrogen-bond donors (Lipinski definition) is 1. The summed E-state index contributed by atoms with van der Waals surface area (Å²) < 4.78 is 23.3. The van der Waals surface area contributed by atoms with Crippen LogP contribution < -0.4 is 5.32 Å². The maximum atomic E-state index is 11.7. The summed E-state index contributed by atoms with van der Waals surface area (Å²) in [5.41, 5.74) is 1.04. The van der Waals surface area contributed by atoms with Crippen molar-refractivity contribution in [1.82, 2.24) is 5.32 Å². The Morgan fingerprint density at radius 3 is 2.59 bits per heavy atom. The molecule has 162 valence electrons. The fraction of sp³-hybridized carbons (Fsp3) is 0.696. The molecule has 1 amide bonds. The van der Waals surface area contributed by atoms with Crippen LogP contribution in [0.2, 0.25) is 0 Å². The van der Waals surface area contributed by atoms with Gasteiger partial charge in [-0.3, -0.25) is 4.79 Å². The Hall–Kier alpha value is -1.47. The number of carbonyl (C=O) groups excluding carboxylic acids is 1. The molecule has 3 aliphatic heterocycles. The van der Waals surface area contributed by atoms with E-state index in [1.165, 1.54) is 0 Å². The highest BCUT2D eigenvalue weighted by atomic mass is 16.7. The van der Waals surface area contributed by atoms with E-state index in [9.17, 15) is 4.79 Å². The predicted molar refractivity (Wildman–Crippen MR) is 111 cm³/mol. The van der Waals surface area contributed by atoms with Crippen molar-refractivity contribution in [2.45, 2.75) is 83.0 Å². The van der Waals surface area contributed by atoms with Gasteiger partial charge in [-0.25, -0.2) is 0 Å². The third-order valence-corrected chi connectivity index (χ3v) is 5.37. The van der Waals surface area contributed by atoms with E-state index in [-0.39, 0.29) is 35.5 Å². The van der Waals surface area contributed by atoms with E-state index in [0.29, 0.717) is 19.6 Å². The molecule has 3 rings (SSSR count). The minimum absolute atomic E-state index is 0.0381. The summed E-state index contributed by atoms with van der Waals surface area (Å²) in [5, 5.41) is 2.89. The molecule has 3 saturated heterocycles. The second-order valence-electron chi connectivity index (χ2n) is 8.92. The van der Waals surface area contributed by atoms with E-state index in [4.69, 9.17) is 18.9 Å². The van der Waals surface area contributed by atoms with Crippen molar-refractivity contribution < 1.29 is 23.7 Å². The van der Waals surface area contributed by atoms with Gasteiger partial charge in [0.1, 0.15) is 0 Å². The van der Waals surface area contributed by atoms with Crippen molar-refractivity contribution in [3.63, 3.8) is 0 Å². The summed E-state index contributed by atoms with van der Waals surface area (Å²) in [5.74, 6) is -0.102. The molecule has 6 heteroatoms. The summed E-state index contributed by atoms with van der Waals surface area (Å²) in [6, 6.07) is -0.103. The largest absolute Gasteiger partial charge is 0.369 e. The molecule has 3 heterocycles. The molecule has 1 N–H and O–H groups in total. The van der Waals surface area contributed by atoms with E-state index < -0.39 is 0 Å². The van der Waals surface area contributed by atoms with Crippen LogP contribution in [0.5, 0.6) is 0 Å². The van der Waals surface area contributed by atoms with Crippen molar-refractivity contribution in [3.05, 3.63) is 36.0 Å². The Morgan fingerprint density at radius 1 is 1.21 bits per heavy atom. The standard InChI is InChI=1S/C23H35NO5/c1-5-6-7-20(25)24-18-13-26-21(27-14-18)11-9-17(2)8-10-19-12-23(16-28-23)15-22(3,4)29-19/h6-10,18-19,21H,5,11-16H2,1-4H3,(H,24,25)/b7-6-,10-8+,17-9+/t18-,19-,21+,23-/m1/s1. The van der Waals surface area contributed by atoms with Crippen molar-refractivity contribution in [3.8, 4) is 0 Å². The van der Waals surface area contributed by atoms with Crippen LogP contribution in [0.15, 0.2) is 36.0 Å². The van der Waals surface area contributed by atoms with Crippen molar-refractivity contribution >= 4 is 5.91 Å². The molecule has 0 aromatic rings. The van der Waals surface area contributed by atoms with Crippen LogP contribution in [0.3, 0.4) is 0 Å². The zero-order valence-electron chi connectivity index (χ0n) is 18.1. The fourth-order valence-corrected chi connectivity index (χ4v) is 3.98. The van der Waals surface area contributed by atoms with Gasteiger partial charge in [-0.15, -0.1) is 0 Å². The lowest BCUT2D eigenvalue weighted by Gasteiger charge is -2.38. The second-order valence-corrected chi connectivity index (χ2v) is 8.92. The molecule has 6 nitrogen and oxygen atoms in total. The smallest absolute Gasteiger partial charge is 0.244 e. The van der Waals surface area contributed by atoms with Crippen LogP contribution in [-0.2, 0) is 23.7 Å². The van der Waals surface area contributed by atoms with Crippen LogP contribution in [0.25, 0.3) is 0 Å². The molecule has 0 unspecified atom stereocenters. The number of hydrogen-bond acceptors (Lipinski definition) is 5. The Bertz CT molecular complexity index is 648. The molecular weight excluding hydrogens is 370 g/mol. The summed E-state index contributed by atoms with van der Waals surface area (Å²) in [6.07, 6.45) is 13.0. The maximum absolute atomic E-state index is 11.7. The van der Waals surface area contributed by atoms with Crippen LogP contribution in [0.1, 0.15) is 53.4 Å². The molecule has 0 radical (unpaired) electrons. The lowest BCUT2D eigenvalue weighted by molar-refractivity contribution is -0.187. The topological polar surface area (TPSA) is 69.3 Å². The van der Waals surface area contributed by atoms with Crippen LogP contribution in [-0.4, -0.2) is 55.4 Å². The van der Waals surface area contributed by atoms with Crippen molar-refractivity contribution in [1.29, 1.82) is 0 Å². The zero-order chi connectivity index (χ0) is 20.9. The highest BCUT2D eigenvalue weighted by Crippen LogP contribution is 2.46. The number of allylic oxidation sites excluding steroid dienone is 3. The molecule has 3 fully saturated rings. The summed E-state index contributed by atoms with van der Waals surface area (Å²) in [7, 11) is 0. The van der Waals surface area contributed by atoms with Gasteiger partial charge in [0.25, 0.3) is 0 Å². The number of epoxide rings is 1. The Morgan fingerprint density at radius 2 is 1.93 bits per heavy atom. The molecule has 29 heavy (non-hydrogen) atoms. The normalized spacial score (nSPS) is 34.8. The Kier molecular flexibility index (Phi) is 7.32. The molecule has 0 aromatic carbocycles. The first-order valence-electron chi connectivity index (χ1n) is 10.7. The minimum atomic E-state index is -0.273. The third-order valence-electron chi connectivity index (χ3n) is 5.37. The average molecular weight is 406 g/mol. The van der Waals surface area contributed by atoms with Gasteiger partial charge in [-0.1, -0.05) is 36.8 Å². The monoisotopic (exact) mass is 405 g/mol. The summed E-state index contributed by atoms with van der Waals surface area (Å²) >= 11 is 0. The number of amides is 1. The first kappa shape index (κ1) is 22.2. The number of ether oxygens (including phenoxy) is 4. The maximum Gasteiger partial charge on any atom is 0.244 e. The van der Waals surface area contributed by atoms with Crippen molar-refractivity contribution in [2.75, 3.05) is 19.8 Å². The average Bonchev–Trinajstić information content (AvgIpc) is 3.40. The Labute approximate surface area is 174 Å². The molecule has 0 aromatic heterocycles. The first-order chi connectivity index (χ1) is 13.8. The molecule has 1 spiro atoms. The van der Waals surface area contributed by atoms with Gasteiger partial charge in [0.05, 0.1) is 43.2 Å². The zero-order valence-corrected chi connectivity index (χ0v) is 18.1. The quantitative estimate of drug-likeness (QED) is 0.399. The SMILES string of the molecule is CC/C=C\C(=O)N[C@H]1CO[C@@H](C/C=C(C)/C=C/[C@@H]2C[C@]3(CO3)CC(C)(C)O2)OC1. The molecule has 3 aliphatic rings. The summed E-state index contributed by atoms with van der Waals surface area (Å²) in [4.78, 5) is 11.7. The first-order valence-corrected chi connectivity index (χ1v) is 10.7. The van der Waals surface area contributed by atoms with Gasteiger partial charge < -0.3 is 24.3 Å². The van der Waals surface area contributed by atoms with Crippen LogP contribution in [0.4, 0.5) is 0 Å². The van der Waals surface area contributed by atoms with Gasteiger partial charge >= 0.3 is 0 Å². The van der Waals surface area contributed by atoms with E-state index >= 15 is 0 Å². The predicted octanol–water partition coefficient (Wildman–Crippen LogP) is 3.43. The molecular formula is C23H35NO5. The van der Waals surface area contributed by atoms with Crippen LogP contribution >= 0.6 is 0 Å². The number of rotatable bonds is 7. The molecule has 2 atom stereocenters. The number of nitrogens with one attached hydrogen (secondary N) is 1. The Balaban J connectivity index is 1.40. The van der Waals surface area contributed by atoms with Gasteiger partial charge in [-0.05, 0) is 33.3 Å². The van der Waals surface area contributed by atoms with E-state index in [1.807, 2.05) is 13.0 Å². The van der Waals surface area contributed by atoms with Crippen LogP contribution in [0, 0.1) is 0 Å². The highest BCUT2D eigenvalue weighted by molar-refractivity contribution is 5.87. The molecule has 0 bridgehead atoms. The van der Waals surface area contributed by atoms with Gasteiger partial charge in [0.2, 0.25) is 5.91 Å². The number of carbonyl (C=O) groups is 1. The van der Waals surface area contributed by atoms with E-state index in [2.05, 4.69) is 44.3 Å². The minimum Gasteiger partial charge on any atom is -0.369 e. The fourth-order valence-electron chi connectivity index (χ4n) is 3.98. The van der Waals surface area contributed by atoms with Gasteiger partial charge in [-0.2, -0.15) is 0 Å². The van der Waals surface area contributed by atoms with Gasteiger partial charge in [0, 0.05) is 19.3 Å². The molecule has 0 aliphatic carbocycles. The van der Waals surface area contributed by atoms with Gasteiger partial charge in [0.15, 0.2) is 6.29 Å². The van der Waals surface area contributed by atoms with Crippen molar-refractivity contribution in [2.24, 2.45) is 0 Å². The second kappa shape index (κ2) is 9.56. The lowest BCUT2D eigenvalue weighted by atomic mass is 9.85. The lowest BCUT2D eigenvalue weighted by Crippen LogP contribution is -2.46. The third kappa shape index (κ3) is 7.07. The highest BCUT2D eigenvalue weighted by Gasteiger charge is 2.53. The summed E-state index contributed by atoms with van der Waals surface area (Å²) in [6.45, 7) is 10.1. The van der Waals surface area contributed by atoms with E-state index in [0.717, 1.165) is 31.4 Å². The molecule has 0 saturated carbocycles. The van der Waals surface area contributed by atoms with E-state index in [1.54, 1.807) is 6.08 Å².